The van der Waals surface area contributed by atoms with Crippen LogP contribution in [-0.4, -0.2) is 33.7 Å². The summed E-state index contributed by atoms with van der Waals surface area (Å²) < 4.78 is 46.2. The minimum absolute atomic E-state index is 0.0000679. The molecular formula is C37H50F3N3O4. The number of carbonyl (C=O) groups is 3. The van der Waals surface area contributed by atoms with Gasteiger partial charge in [-0.1, -0.05) is 48.5 Å². The van der Waals surface area contributed by atoms with E-state index < -0.39 is 29.1 Å². The molecule has 3 unspecified atom stereocenters. The van der Waals surface area contributed by atoms with Gasteiger partial charge in [-0.2, -0.15) is 13.2 Å². The summed E-state index contributed by atoms with van der Waals surface area (Å²) in [5.74, 6) is -0.408. The highest BCUT2D eigenvalue weighted by atomic mass is 19.4. The van der Waals surface area contributed by atoms with E-state index in [1.54, 1.807) is 0 Å². The van der Waals surface area contributed by atoms with Crippen LogP contribution in [0.1, 0.15) is 119 Å². The summed E-state index contributed by atoms with van der Waals surface area (Å²) in [7, 11) is 0. The molecule has 0 radical (unpaired) electrons. The number of esters is 1. The zero-order chi connectivity index (χ0) is 34.5. The predicted molar refractivity (Wildman–Crippen MR) is 171 cm³/mol. The van der Waals surface area contributed by atoms with Gasteiger partial charge in [0, 0.05) is 25.0 Å². The Morgan fingerprint density at radius 2 is 1.66 bits per heavy atom. The third-order valence-corrected chi connectivity index (χ3v) is 14.3. The lowest BCUT2D eigenvalue weighted by molar-refractivity contribution is -0.232. The van der Waals surface area contributed by atoms with E-state index in [0.29, 0.717) is 18.3 Å². The van der Waals surface area contributed by atoms with E-state index in [1.807, 2.05) is 13.8 Å². The molecule has 1 N–H and O–H groups in total. The van der Waals surface area contributed by atoms with Crippen molar-refractivity contribution < 1.29 is 32.3 Å². The summed E-state index contributed by atoms with van der Waals surface area (Å²) in [6.45, 7) is 17.3. The molecule has 1 aromatic heterocycles. The van der Waals surface area contributed by atoms with Gasteiger partial charge in [0.05, 0.1) is 5.41 Å². The molecule has 8 atom stereocenters. The number of amides is 1. The topological polar surface area (TPSA) is 98.2 Å². The summed E-state index contributed by atoms with van der Waals surface area (Å²) in [4.78, 5) is 47.7. The molecule has 5 aliphatic carbocycles. The van der Waals surface area contributed by atoms with Gasteiger partial charge in [-0.05, 0) is 108 Å². The minimum atomic E-state index is -4.68. The molecule has 1 heterocycles. The molecule has 0 aliphatic heterocycles. The van der Waals surface area contributed by atoms with Crippen LogP contribution in [0.4, 0.5) is 19.1 Å². The second-order valence-electron chi connectivity index (χ2n) is 17.0. The van der Waals surface area contributed by atoms with E-state index in [0.717, 1.165) is 68.4 Å². The van der Waals surface area contributed by atoms with E-state index in [9.17, 15) is 27.6 Å². The Morgan fingerprint density at radius 3 is 2.30 bits per heavy atom. The fourth-order valence-electron chi connectivity index (χ4n) is 12.1. The van der Waals surface area contributed by atoms with Crippen molar-refractivity contribution in [2.75, 3.05) is 5.32 Å². The SMILES string of the molecule is CC(=O)O[C@H]1CC[C@@]2(C)C(CC[C@]3(C)C2CCC2C4=C(C(C)C)C(=O)C[C@]4(C(=O)Nc4nccc(C(F)(F)F)n4)CC[C@]23C)C1(C)C. The summed E-state index contributed by atoms with van der Waals surface area (Å²) in [5.41, 5.74) is -0.961. The number of hydrogen-bond acceptors (Lipinski definition) is 6. The van der Waals surface area contributed by atoms with Gasteiger partial charge in [-0.25, -0.2) is 9.97 Å². The Morgan fingerprint density at radius 1 is 0.957 bits per heavy atom. The summed E-state index contributed by atoms with van der Waals surface area (Å²) in [5, 5.41) is 2.63. The maximum absolute atomic E-state index is 14.3. The van der Waals surface area contributed by atoms with Gasteiger partial charge in [0.2, 0.25) is 11.9 Å². The minimum Gasteiger partial charge on any atom is -0.462 e. The molecule has 4 saturated carbocycles. The Hall–Kier alpha value is -2.78. The lowest BCUT2D eigenvalue weighted by atomic mass is 9.33. The largest absolute Gasteiger partial charge is 0.462 e. The predicted octanol–water partition coefficient (Wildman–Crippen LogP) is 8.35. The normalized spacial score (nSPS) is 39.4. The van der Waals surface area contributed by atoms with E-state index >= 15 is 0 Å². The molecule has 47 heavy (non-hydrogen) atoms. The number of ether oxygens (including phenoxy) is 1. The van der Waals surface area contributed by atoms with Crippen LogP contribution in [0.15, 0.2) is 23.4 Å². The quantitative estimate of drug-likeness (QED) is 0.327. The molecule has 4 fully saturated rings. The fraction of sp³-hybridized carbons (Fsp3) is 0.757. The van der Waals surface area contributed by atoms with Crippen LogP contribution in [0, 0.1) is 50.7 Å². The molecule has 6 rings (SSSR count). The molecule has 0 aromatic carbocycles. The Labute approximate surface area is 276 Å². The molecule has 1 aromatic rings. The molecule has 0 saturated heterocycles. The van der Waals surface area contributed by atoms with Crippen molar-refractivity contribution in [3.63, 3.8) is 0 Å². The number of alkyl halides is 3. The Balaban J connectivity index is 1.37. The summed E-state index contributed by atoms with van der Waals surface area (Å²) in [6.07, 6.45) is 3.10. The molecule has 0 bridgehead atoms. The van der Waals surface area contributed by atoms with Gasteiger partial charge in [0.25, 0.3) is 0 Å². The number of nitrogens with zero attached hydrogens (tertiary/aromatic N) is 2. The molecule has 7 nitrogen and oxygen atoms in total. The summed E-state index contributed by atoms with van der Waals surface area (Å²) >= 11 is 0. The highest BCUT2D eigenvalue weighted by Gasteiger charge is 2.71. The van der Waals surface area contributed by atoms with E-state index in [1.165, 1.54) is 6.92 Å². The van der Waals surface area contributed by atoms with Crippen LogP contribution >= 0.6 is 0 Å². The van der Waals surface area contributed by atoms with Crippen molar-refractivity contribution in [1.82, 2.24) is 9.97 Å². The van der Waals surface area contributed by atoms with Gasteiger partial charge in [-0.15, -0.1) is 0 Å². The lowest BCUT2D eigenvalue weighted by Gasteiger charge is -2.72. The number of aromatic nitrogens is 2. The maximum Gasteiger partial charge on any atom is 0.433 e. The van der Waals surface area contributed by atoms with Crippen molar-refractivity contribution >= 4 is 23.6 Å². The van der Waals surface area contributed by atoms with Crippen LogP contribution in [0.5, 0.6) is 0 Å². The number of halogens is 3. The molecule has 10 heteroatoms. The number of anilines is 1. The Kier molecular flexibility index (Phi) is 7.88. The van der Waals surface area contributed by atoms with Crippen LogP contribution in [0.25, 0.3) is 0 Å². The van der Waals surface area contributed by atoms with Crippen molar-refractivity contribution in [1.29, 1.82) is 0 Å². The van der Waals surface area contributed by atoms with E-state index in [-0.39, 0.29) is 57.8 Å². The van der Waals surface area contributed by atoms with Crippen LogP contribution in [-0.2, 0) is 25.3 Å². The number of fused-ring (bicyclic) bond motifs is 7. The molecule has 5 aliphatic rings. The van der Waals surface area contributed by atoms with Gasteiger partial charge in [0.1, 0.15) is 11.8 Å². The highest BCUT2D eigenvalue weighted by Crippen LogP contribution is 2.76. The lowest BCUT2D eigenvalue weighted by Crippen LogP contribution is -2.66. The van der Waals surface area contributed by atoms with Crippen LogP contribution in [0.3, 0.4) is 0 Å². The van der Waals surface area contributed by atoms with Gasteiger partial charge >= 0.3 is 12.1 Å². The first kappa shape index (κ1) is 34.1. The molecule has 0 spiro atoms. The second-order valence-corrected chi connectivity index (χ2v) is 17.0. The first-order valence-corrected chi connectivity index (χ1v) is 17.4. The number of allylic oxidation sites excluding steroid dienone is 1. The average molecular weight is 658 g/mol. The number of Topliss-reactive ketones (excluding diaryl/α,β-unsaturated/α-hetero) is 1. The van der Waals surface area contributed by atoms with Crippen molar-refractivity contribution in [3.8, 4) is 0 Å². The Bertz CT molecular complexity index is 1540. The first-order valence-electron chi connectivity index (χ1n) is 17.4. The monoisotopic (exact) mass is 657 g/mol. The van der Waals surface area contributed by atoms with Gasteiger partial charge < -0.3 is 4.74 Å². The smallest absolute Gasteiger partial charge is 0.433 e. The average Bonchev–Trinajstić information content (AvgIpc) is 3.28. The van der Waals surface area contributed by atoms with E-state index in [2.05, 4.69) is 49.9 Å². The standard InChI is InChI=1S/C37H50F3N3O4/c1-20(2)28-23(45)19-36(30(46)43-31-41-18-13-26(42-31)37(38,39)40)17-16-34(7)22(29(28)36)9-10-25-33(6)14-12-27(47-21(3)44)32(4,5)24(33)11-15-35(25,34)8/h13,18,20,22,24-25,27H,9-12,14-17,19H2,1-8H3,(H,41,42,43,46)/t22?,24?,25?,27-,33-,34+,35+,36+/m0/s1. The molecule has 1 amide bonds. The number of rotatable bonds is 4. The van der Waals surface area contributed by atoms with E-state index in [4.69, 9.17) is 4.74 Å². The fourth-order valence-corrected chi connectivity index (χ4v) is 12.1. The first-order chi connectivity index (χ1) is 21.7. The van der Waals surface area contributed by atoms with Gasteiger partial charge in [0.15, 0.2) is 5.78 Å². The zero-order valence-corrected chi connectivity index (χ0v) is 29.1. The van der Waals surface area contributed by atoms with Crippen LogP contribution < -0.4 is 5.32 Å². The molecular weight excluding hydrogens is 607 g/mol. The third kappa shape index (κ3) is 4.84. The zero-order valence-electron chi connectivity index (χ0n) is 29.1. The van der Waals surface area contributed by atoms with Crippen LogP contribution in [0.2, 0.25) is 0 Å². The second kappa shape index (κ2) is 10.9. The highest BCUT2D eigenvalue weighted by molar-refractivity contribution is 6.09. The number of carbonyl (C=O) groups excluding carboxylic acids is 3. The van der Waals surface area contributed by atoms with Gasteiger partial charge in [-0.3, -0.25) is 19.7 Å². The van der Waals surface area contributed by atoms with Crippen molar-refractivity contribution in [3.05, 3.63) is 29.1 Å². The maximum atomic E-state index is 14.3. The third-order valence-electron chi connectivity index (χ3n) is 14.3. The number of hydrogen-bond donors (Lipinski definition) is 1. The van der Waals surface area contributed by atoms with Crippen molar-refractivity contribution in [2.24, 2.45) is 50.7 Å². The molecule has 258 valence electrons. The van der Waals surface area contributed by atoms with Crippen molar-refractivity contribution in [2.45, 2.75) is 125 Å². The number of nitrogens with one attached hydrogen (secondary N) is 1. The number of ketones is 1. The summed E-state index contributed by atoms with van der Waals surface area (Å²) in [6, 6.07) is 0.777.